The standard InChI is InChI=1S/C16H12FN3O2/c17-13-9-12(8-10-6-7-14(21)20-15(10)13)19-16(22)18-11-4-2-1-3-5-11/h1-9H,(H,20,21)(H2,18,19,22). The van der Waals surface area contributed by atoms with Crippen molar-refractivity contribution in [2.45, 2.75) is 0 Å². The van der Waals surface area contributed by atoms with E-state index >= 15 is 0 Å². The van der Waals surface area contributed by atoms with E-state index in [4.69, 9.17) is 0 Å². The van der Waals surface area contributed by atoms with Crippen LogP contribution in [0.1, 0.15) is 0 Å². The van der Waals surface area contributed by atoms with Crippen molar-refractivity contribution in [3.63, 3.8) is 0 Å². The van der Waals surface area contributed by atoms with E-state index in [0.29, 0.717) is 16.8 Å². The summed E-state index contributed by atoms with van der Waals surface area (Å²) in [6, 6.07) is 14.0. The van der Waals surface area contributed by atoms with Crippen molar-refractivity contribution in [2.24, 2.45) is 0 Å². The molecule has 0 radical (unpaired) electrons. The normalized spacial score (nSPS) is 10.4. The molecule has 3 rings (SSSR count). The summed E-state index contributed by atoms with van der Waals surface area (Å²) >= 11 is 0. The van der Waals surface area contributed by atoms with Gasteiger partial charge in [0, 0.05) is 22.8 Å². The SMILES string of the molecule is O=C(Nc1ccccc1)Nc1cc(F)c2[nH]c(=O)ccc2c1. The Morgan fingerprint density at radius 3 is 2.45 bits per heavy atom. The van der Waals surface area contributed by atoms with Gasteiger partial charge >= 0.3 is 6.03 Å². The van der Waals surface area contributed by atoms with Crippen LogP contribution in [0.4, 0.5) is 20.6 Å². The van der Waals surface area contributed by atoms with Crippen molar-refractivity contribution in [2.75, 3.05) is 10.6 Å². The maximum atomic E-state index is 14.0. The molecule has 22 heavy (non-hydrogen) atoms. The van der Waals surface area contributed by atoms with Crippen LogP contribution in [-0.4, -0.2) is 11.0 Å². The highest BCUT2D eigenvalue weighted by Gasteiger charge is 2.08. The number of hydrogen-bond acceptors (Lipinski definition) is 2. The number of nitrogens with one attached hydrogen (secondary N) is 3. The first-order valence-corrected chi connectivity index (χ1v) is 6.57. The van der Waals surface area contributed by atoms with Gasteiger partial charge in [0.1, 0.15) is 5.82 Å². The van der Waals surface area contributed by atoms with Gasteiger partial charge in [0.15, 0.2) is 0 Å². The number of halogens is 1. The first-order valence-electron chi connectivity index (χ1n) is 6.57. The second-order valence-corrected chi connectivity index (χ2v) is 4.69. The topological polar surface area (TPSA) is 74.0 Å². The molecule has 3 N–H and O–H groups in total. The lowest BCUT2D eigenvalue weighted by Crippen LogP contribution is -2.19. The Morgan fingerprint density at radius 2 is 1.68 bits per heavy atom. The summed E-state index contributed by atoms with van der Waals surface area (Å²) in [5, 5.41) is 5.69. The minimum absolute atomic E-state index is 0.113. The molecule has 0 saturated heterocycles. The Balaban J connectivity index is 1.83. The zero-order valence-electron chi connectivity index (χ0n) is 11.4. The molecule has 5 nitrogen and oxygen atoms in total. The van der Waals surface area contributed by atoms with Gasteiger partial charge in [-0.15, -0.1) is 0 Å². The van der Waals surface area contributed by atoms with Gasteiger partial charge in [-0.3, -0.25) is 4.79 Å². The summed E-state index contributed by atoms with van der Waals surface area (Å²) in [7, 11) is 0. The molecule has 0 spiro atoms. The number of benzene rings is 2. The molecule has 0 unspecified atom stereocenters. The lowest BCUT2D eigenvalue weighted by atomic mass is 10.2. The van der Waals surface area contributed by atoms with Gasteiger partial charge in [0.25, 0.3) is 0 Å². The van der Waals surface area contributed by atoms with Crippen LogP contribution in [0.15, 0.2) is 59.4 Å². The molecular formula is C16H12FN3O2. The predicted molar refractivity (Wildman–Crippen MR) is 83.6 cm³/mol. The first kappa shape index (κ1) is 13.8. The van der Waals surface area contributed by atoms with Crippen LogP contribution in [0.3, 0.4) is 0 Å². The monoisotopic (exact) mass is 297 g/mol. The third-order valence-corrected chi connectivity index (χ3v) is 3.07. The van der Waals surface area contributed by atoms with E-state index in [9.17, 15) is 14.0 Å². The van der Waals surface area contributed by atoms with Crippen LogP contribution in [0.5, 0.6) is 0 Å². The minimum atomic E-state index is -0.606. The molecule has 2 aromatic carbocycles. The summed E-state index contributed by atoms with van der Waals surface area (Å²) in [6.45, 7) is 0. The third-order valence-electron chi connectivity index (χ3n) is 3.07. The van der Waals surface area contributed by atoms with Crippen molar-refractivity contribution < 1.29 is 9.18 Å². The maximum Gasteiger partial charge on any atom is 0.323 e. The van der Waals surface area contributed by atoms with Crippen LogP contribution < -0.4 is 16.2 Å². The number of carbonyl (C=O) groups is 1. The van der Waals surface area contributed by atoms with Gasteiger partial charge in [-0.2, -0.15) is 0 Å². The number of anilines is 2. The summed E-state index contributed by atoms with van der Waals surface area (Å²) < 4.78 is 14.0. The average molecular weight is 297 g/mol. The largest absolute Gasteiger partial charge is 0.323 e. The molecule has 0 aliphatic rings. The van der Waals surface area contributed by atoms with E-state index in [2.05, 4.69) is 15.6 Å². The van der Waals surface area contributed by atoms with Gasteiger partial charge in [-0.25, -0.2) is 9.18 Å². The van der Waals surface area contributed by atoms with Gasteiger partial charge < -0.3 is 15.6 Å². The summed E-state index contributed by atoms with van der Waals surface area (Å²) in [5.74, 6) is -0.606. The second kappa shape index (κ2) is 5.69. The van der Waals surface area contributed by atoms with Gasteiger partial charge in [-0.05, 0) is 30.3 Å². The van der Waals surface area contributed by atoms with Crippen molar-refractivity contribution in [3.8, 4) is 0 Å². The molecule has 0 atom stereocenters. The number of aromatic nitrogens is 1. The molecule has 0 bridgehead atoms. The molecule has 0 aliphatic carbocycles. The second-order valence-electron chi connectivity index (χ2n) is 4.69. The Bertz CT molecular complexity index is 891. The van der Waals surface area contributed by atoms with Crippen LogP contribution in [0.25, 0.3) is 10.9 Å². The van der Waals surface area contributed by atoms with Crippen LogP contribution in [-0.2, 0) is 0 Å². The van der Waals surface area contributed by atoms with Gasteiger partial charge in [0.2, 0.25) is 5.56 Å². The molecule has 1 aromatic heterocycles. The molecule has 0 fully saturated rings. The fraction of sp³-hybridized carbons (Fsp3) is 0. The number of hydrogen-bond donors (Lipinski definition) is 3. The van der Waals surface area contributed by atoms with E-state index in [-0.39, 0.29) is 11.1 Å². The summed E-state index contributed by atoms with van der Waals surface area (Å²) in [4.78, 5) is 25.5. The highest BCUT2D eigenvalue weighted by molar-refractivity contribution is 6.00. The number of rotatable bonds is 2. The lowest BCUT2D eigenvalue weighted by Gasteiger charge is -2.09. The zero-order chi connectivity index (χ0) is 15.5. The van der Waals surface area contributed by atoms with Crippen molar-refractivity contribution >= 4 is 28.3 Å². The molecule has 3 aromatic rings. The number of carbonyl (C=O) groups excluding carboxylic acids is 1. The van der Waals surface area contributed by atoms with E-state index in [1.165, 1.54) is 12.1 Å². The van der Waals surface area contributed by atoms with E-state index in [1.807, 2.05) is 6.07 Å². The average Bonchev–Trinajstić information content (AvgIpc) is 2.49. The molecule has 0 aliphatic heterocycles. The molecule has 1 heterocycles. The van der Waals surface area contributed by atoms with Crippen LogP contribution >= 0.6 is 0 Å². The quantitative estimate of drug-likeness (QED) is 0.679. The Hall–Kier alpha value is -3.15. The van der Waals surface area contributed by atoms with E-state index in [0.717, 1.165) is 6.07 Å². The maximum absolute atomic E-state index is 14.0. The van der Waals surface area contributed by atoms with Gasteiger partial charge in [0.05, 0.1) is 5.52 Å². The summed E-state index contributed by atoms with van der Waals surface area (Å²) in [6.07, 6.45) is 0. The fourth-order valence-electron chi connectivity index (χ4n) is 2.11. The Morgan fingerprint density at radius 1 is 0.955 bits per heavy atom. The Labute approximate surface area is 124 Å². The highest BCUT2D eigenvalue weighted by Crippen LogP contribution is 2.20. The number of amides is 2. The number of H-pyrrole nitrogens is 1. The van der Waals surface area contributed by atoms with Crippen LogP contribution in [0.2, 0.25) is 0 Å². The minimum Gasteiger partial charge on any atom is -0.319 e. The number of fused-ring (bicyclic) bond motifs is 1. The molecule has 110 valence electrons. The molecular weight excluding hydrogens is 285 g/mol. The van der Waals surface area contributed by atoms with Crippen molar-refractivity contribution in [1.82, 2.24) is 4.98 Å². The zero-order valence-corrected chi connectivity index (χ0v) is 11.4. The number of para-hydroxylation sites is 1. The number of pyridine rings is 1. The number of aromatic amines is 1. The van der Waals surface area contributed by atoms with Crippen LogP contribution in [0, 0.1) is 5.82 Å². The third kappa shape index (κ3) is 2.95. The molecule has 6 heteroatoms. The summed E-state index contributed by atoms with van der Waals surface area (Å²) in [5.41, 5.74) is 0.659. The molecule has 0 saturated carbocycles. The first-order chi connectivity index (χ1) is 10.6. The smallest absolute Gasteiger partial charge is 0.319 e. The fourth-order valence-corrected chi connectivity index (χ4v) is 2.11. The molecule has 2 amide bonds. The Kier molecular flexibility index (Phi) is 3.57. The van der Waals surface area contributed by atoms with E-state index in [1.54, 1.807) is 30.3 Å². The lowest BCUT2D eigenvalue weighted by molar-refractivity contribution is 0.262. The predicted octanol–water partition coefficient (Wildman–Crippen LogP) is 3.31. The van der Waals surface area contributed by atoms with Crippen molar-refractivity contribution in [3.05, 3.63) is 70.8 Å². The highest BCUT2D eigenvalue weighted by atomic mass is 19.1. The van der Waals surface area contributed by atoms with Crippen molar-refractivity contribution in [1.29, 1.82) is 0 Å². The van der Waals surface area contributed by atoms with E-state index < -0.39 is 11.8 Å². The van der Waals surface area contributed by atoms with Gasteiger partial charge in [-0.1, -0.05) is 18.2 Å². The number of urea groups is 1.